The summed E-state index contributed by atoms with van der Waals surface area (Å²) in [6.45, 7) is 0. The standard InChI is InChI=1S/C15H14O2S2/c16-15(17)14-7-6-13(19-14)9-18-12-5-4-10-2-1-3-11(10)8-12/h4-8H,1-3,9H2,(H,16,17). The molecule has 0 aliphatic heterocycles. The van der Waals surface area contributed by atoms with Crippen molar-refractivity contribution < 1.29 is 9.90 Å². The zero-order valence-electron chi connectivity index (χ0n) is 10.4. The van der Waals surface area contributed by atoms with E-state index < -0.39 is 5.97 Å². The summed E-state index contributed by atoms with van der Waals surface area (Å²) in [4.78, 5) is 13.6. The fourth-order valence-electron chi connectivity index (χ4n) is 2.36. The van der Waals surface area contributed by atoms with Gasteiger partial charge in [-0.3, -0.25) is 0 Å². The quantitative estimate of drug-likeness (QED) is 0.856. The third-order valence-electron chi connectivity index (χ3n) is 3.32. The molecule has 1 aromatic carbocycles. The number of aryl methyl sites for hydroxylation is 2. The number of thiophene rings is 1. The molecule has 4 heteroatoms. The van der Waals surface area contributed by atoms with E-state index >= 15 is 0 Å². The summed E-state index contributed by atoms with van der Waals surface area (Å²) >= 11 is 3.15. The van der Waals surface area contributed by atoms with Gasteiger partial charge in [-0.25, -0.2) is 4.79 Å². The van der Waals surface area contributed by atoms with Gasteiger partial charge < -0.3 is 5.11 Å². The molecule has 0 fully saturated rings. The molecule has 2 nitrogen and oxygen atoms in total. The largest absolute Gasteiger partial charge is 0.477 e. The lowest BCUT2D eigenvalue weighted by molar-refractivity contribution is 0.0702. The third-order valence-corrected chi connectivity index (χ3v) is 5.62. The fraction of sp³-hybridized carbons (Fsp3) is 0.267. The van der Waals surface area contributed by atoms with Crippen LogP contribution in [-0.4, -0.2) is 11.1 Å². The molecule has 19 heavy (non-hydrogen) atoms. The van der Waals surface area contributed by atoms with Crippen molar-refractivity contribution in [2.45, 2.75) is 29.9 Å². The lowest BCUT2D eigenvalue weighted by atomic mass is 10.1. The Morgan fingerprint density at radius 1 is 1.21 bits per heavy atom. The van der Waals surface area contributed by atoms with Crippen LogP contribution in [0.5, 0.6) is 0 Å². The Balaban J connectivity index is 1.67. The highest BCUT2D eigenvalue weighted by atomic mass is 32.2. The number of carboxylic acid groups (broad SMARTS) is 1. The molecule has 0 unspecified atom stereocenters. The Labute approximate surface area is 120 Å². The molecular weight excluding hydrogens is 276 g/mol. The number of benzene rings is 1. The minimum Gasteiger partial charge on any atom is -0.477 e. The van der Waals surface area contributed by atoms with E-state index in [0.29, 0.717) is 4.88 Å². The molecule has 2 aromatic rings. The Bertz CT molecular complexity index is 616. The Hall–Kier alpha value is -1.26. The average molecular weight is 290 g/mol. The Kier molecular flexibility index (Phi) is 3.62. The lowest BCUT2D eigenvalue weighted by Gasteiger charge is -2.03. The monoisotopic (exact) mass is 290 g/mol. The molecule has 1 aromatic heterocycles. The topological polar surface area (TPSA) is 37.3 Å². The number of hydrogen-bond donors (Lipinski definition) is 1. The van der Waals surface area contributed by atoms with Crippen LogP contribution in [0.3, 0.4) is 0 Å². The average Bonchev–Trinajstić information content (AvgIpc) is 3.04. The van der Waals surface area contributed by atoms with E-state index in [9.17, 15) is 4.79 Å². The van der Waals surface area contributed by atoms with Crippen molar-refractivity contribution >= 4 is 29.1 Å². The first kappa shape index (κ1) is 12.8. The number of aromatic carboxylic acids is 1. The van der Waals surface area contributed by atoms with Crippen molar-refractivity contribution in [2.75, 3.05) is 0 Å². The highest BCUT2D eigenvalue weighted by Crippen LogP contribution is 2.31. The molecule has 1 heterocycles. The van der Waals surface area contributed by atoms with Gasteiger partial charge in [0, 0.05) is 15.5 Å². The Morgan fingerprint density at radius 2 is 2.05 bits per heavy atom. The van der Waals surface area contributed by atoms with Gasteiger partial charge in [0.1, 0.15) is 4.88 Å². The third kappa shape index (κ3) is 2.85. The minimum absolute atomic E-state index is 0.421. The molecule has 0 atom stereocenters. The van der Waals surface area contributed by atoms with E-state index in [2.05, 4.69) is 18.2 Å². The zero-order valence-corrected chi connectivity index (χ0v) is 12.0. The summed E-state index contributed by atoms with van der Waals surface area (Å²) < 4.78 is 0. The van der Waals surface area contributed by atoms with Gasteiger partial charge in [0.15, 0.2) is 0 Å². The molecule has 0 amide bonds. The van der Waals surface area contributed by atoms with E-state index in [0.717, 1.165) is 10.6 Å². The van der Waals surface area contributed by atoms with Crippen LogP contribution in [0.2, 0.25) is 0 Å². The van der Waals surface area contributed by atoms with Crippen LogP contribution >= 0.6 is 23.1 Å². The summed E-state index contributed by atoms with van der Waals surface area (Å²) in [5, 5.41) is 8.89. The van der Waals surface area contributed by atoms with Crippen molar-refractivity contribution in [3.63, 3.8) is 0 Å². The van der Waals surface area contributed by atoms with Gasteiger partial charge >= 0.3 is 5.97 Å². The summed E-state index contributed by atoms with van der Waals surface area (Å²) in [7, 11) is 0. The second kappa shape index (κ2) is 5.39. The molecule has 0 spiro atoms. The molecule has 0 radical (unpaired) electrons. The van der Waals surface area contributed by atoms with Gasteiger partial charge in [-0.05, 0) is 54.7 Å². The second-order valence-electron chi connectivity index (χ2n) is 4.64. The van der Waals surface area contributed by atoms with E-state index in [1.54, 1.807) is 17.8 Å². The van der Waals surface area contributed by atoms with Gasteiger partial charge in [0.05, 0.1) is 0 Å². The van der Waals surface area contributed by atoms with Crippen LogP contribution in [0.25, 0.3) is 0 Å². The number of hydrogen-bond acceptors (Lipinski definition) is 3. The number of fused-ring (bicyclic) bond motifs is 1. The molecule has 1 aliphatic rings. The zero-order chi connectivity index (χ0) is 13.2. The number of thioether (sulfide) groups is 1. The van der Waals surface area contributed by atoms with Crippen LogP contribution in [0.4, 0.5) is 0 Å². The van der Waals surface area contributed by atoms with Gasteiger partial charge in [0.2, 0.25) is 0 Å². The summed E-state index contributed by atoms with van der Waals surface area (Å²) in [6.07, 6.45) is 3.69. The van der Waals surface area contributed by atoms with Crippen molar-refractivity contribution in [3.05, 3.63) is 51.2 Å². The summed E-state index contributed by atoms with van der Waals surface area (Å²) in [5.74, 6) is 0.00952. The lowest BCUT2D eigenvalue weighted by Crippen LogP contribution is -1.89. The van der Waals surface area contributed by atoms with E-state index in [1.165, 1.54) is 46.6 Å². The van der Waals surface area contributed by atoms with E-state index in [4.69, 9.17) is 5.11 Å². The maximum absolute atomic E-state index is 10.8. The van der Waals surface area contributed by atoms with Crippen LogP contribution in [-0.2, 0) is 18.6 Å². The number of rotatable bonds is 4. The van der Waals surface area contributed by atoms with Gasteiger partial charge in [0.25, 0.3) is 0 Å². The first-order valence-corrected chi connectivity index (χ1v) is 8.09. The number of carboxylic acids is 1. The highest BCUT2D eigenvalue weighted by molar-refractivity contribution is 7.98. The Morgan fingerprint density at radius 3 is 2.84 bits per heavy atom. The maximum Gasteiger partial charge on any atom is 0.345 e. The van der Waals surface area contributed by atoms with Crippen LogP contribution < -0.4 is 0 Å². The molecule has 98 valence electrons. The predicted molar refractivity (Wildman–Crippen MR) is 79.3 cm³/mol. The minimum atomic E-state index is -0.834. The SMILES string of the molecule is O=C(O)c1ccc(CSc2ccc3c(c2)CCC3)s1. The van der Waals surface area contributed by atoms with Gasteiger partial charge in [-0.15, -0.1) is 23.1 Å². The first-order chi connectivity index (χ1) is 9.22. The molecule has 1 N–H and O–H groups in total. The molecular formula is C15H14O2S2. The fourth-order valence-corrected chi connectivity index (χ4v) is 4.21. The maximum atomic E-state index is 10.8. The van der Waals surface area contributed by atoms with Crippen LogP contribution in [0.15, 0.2) is 35.2 Å². The van der Waals surface area contributed by atoms with E-state index in [1.807, 2.05) is 6.07 Å². The van der Waals surface area contributed by atoms with Crippen molar-refractivity contribution in [1.82, 2.24) is 0 Å². The summed E-state index contributed by atoms with van der Waals surface area (Å²) in [6, 6.07) is 10.3. The molecule has 3 rings (SSSR count). The number of carbonyl (C=O) groups is 1. The van der Waals surface area contributed by atoms with Crippen LogP contribution in [0, 0.1) is 0 Å². The van der Waals surface area contributed by atoms with E-state index in [-0.39, 0.29) is 0 Å². The van der Waals surface area contributed by atoms with Gasteiger partial charge in [-0.1, -0.05) is 6.07 Å². The molecule has 0 saturated heterocycles. The molecule has 1 aliphatic carbocycles. The second-order valence-corrected chi connectivity index (χ2v) is 6.86. The van der Waals surface area contributed by atoms with Crippen molar-refractivity contribution in [2.24, 2.45) is 0 Å². The smallest absolute Gasteiger partial charge is 0.345 e. The highest BCUT2D eigenvalue weighted by Gasteiger charge is 2.11. The van der Waals surface area contributed by atoms with Crippen LogP contribution in [0.1, 0.15) is 32.1 Å². The van der Waals surface area contributed by atoms with Crippen molar-refractivity contribution in [3.8, 4) is 0 Å². The normalized spacial score (nSPS) is 13.5. The summed E-state index contributed by atoms with van der Waals surface area (Å²) in [5.41, 5.74) is 2.98. The molecule has 0 bridgehead atoms. The first-order valence-electron chi connectivity index (χ1n) is 6.29. The van der Waals surface area contributed by atoms with Crippen molar-refractivity contribution in [1.29, 1.82) is 0 Å². The molecule has 0 saturated carbocycles. The van der Waals surface area contributed by atoms with Gasteiger partial charge in [-0.2, -0.15) is 0 Å². The predicted octanol–water partition coefficient (Wildman–Crippen LogP) is 4.23.